The molecular weight excluding hydrogens is 518 g/mol. The molecule has 6 aromatic rings. The molecule has 0 saturated carbocycles. The fraction of sp³-hybridized carbons (Fsp3) is 0.161. The van der Waals surface area contributed by atoms with Gasteiger partial charge in [0.1, 0.15) is 5.56 Å². The van der Waals surface area contributed by atoms with E-state index in [1.165, 1.54) is 6.20 Å². The lowest BCUT2D eigenvalue weighted by molar-refractivity contribution is 0.0528. The number of aromatic nitrogens is 6. The van der Waals surface area contributed by atoms with Crippen LogP contribution in [0.15, 0.2) is 79.3 Å². The van der Waals surface area contributed by atoms with Gasteiger partial charge in [0.15, 0.2) is 5.65 Å². The normalized spacial score (nSPS) is 11.2. The van der Waals surface area contributed by atoms with Gasteiger partial charge in [-0.3, -0.25) is 9.48 Å². The van der Waals surface area contributed by atoms with Gasteiger partial charge in [-0.1, -0.05) is 30.3 Å². The van der Waals surface area contributed by atoms with Crippen molar-refractivity contribution in [3.05, 3.63) is 96.1 Å². The first-order valence-corrected chi connectivity index (χ1v) is 13.3. The first-order chi connectivity index (χ1) is 20.0. The predicted molar refractivity (Wildman–Crippen MR) is 156 cm³/mol. The van der Waals surface area contributed by atoms with Crippen molar-refractivity contribution < 1.29 is 14.3 Å². The summed E-state index contributed by atoms with van der Waals surface area (Å²) < 4.78 is 8.63. The monoisotopic (exact) mass is 545 g/mol. The van der Waals surface area contributed by atoms with Crippen molar-refractivity contribution in [1.82, 2.24) is 29.4 Å². The fourth-order valence-corrected chi connectivity index (χ4v) is 4.94. The quantitative estimate of drug-likeness (QED) is 0.261. The Morgan fingerprint density at radius 1 is 0.951 bits per heavy atom. The molecule has 41 heavy (non-hydrogen) atoms. The third kappa shape index (κ3) is 4.69. The van der Waals surface area contributed by atoms with Gasteiger partial charge in [-0.05, 0) is 51.1 Å². The van der Waals surface area contributed by atoms with E-state index in [9.17, 15) is 9.59 Å². The molecule has 1 N–H and O–H groups in total. The van der Waals surface area contributed by atoms with E-state index in [1.807, 2.05) is 73.1 Å². The number of carbonyl (C=O) groups excluding carboxylic acids is 2. The third-order valence-corrected chi connectivity index (χ3v) is 6.95. The number of pyridine rings is 1. The molecule has 2 aromatic carbocycles. The Kier molecular flexibility index (Phi) is 6.72. The van der Waals surface area contributed by atoms with Crippen molar-refractivity contribution in [2.75, 3.05) is 11.9 Å². The Hall–Kier alpha value is -5.38. The second-order valence-corrected chi connectivity index (χ2v) is 9.41. The van der Waals surface area contributed by atoms with E-state index < -0.39 is 5.97 Å². The van der Waals surface area contributed by atoms with E-state index in [-0.39, 0.29) is 12.5 Å². The number of aryl methyl sites for hydroxylation is 1. The number of hydrogen-bond acceptors (Lipinski definition) is 7. The number of rotatable bonds is 7. The number of fused-ring (bicyclic) bond motifs is 2. The number of hydrogen-bond donors (Lipinski definition) is 1. The van der Waals surface area contributed by atoms with Crippen molar-refractivity contribution in [3.63, 3.8) is 0 Å². The summed E-state index contributed by atoms with van der Waals surface area (Å²) in [4.78, 5) is 35.2. The van der Waals surface area contributed by atoms with Crippen molar-refractivity contribution in [3.8, 4) is 22.5 Å². The maximum absolute atomic E-state index is 13.7. The summed E-state index contributed by atoms with van der Waals surface area (Å²) in [6.45, 7) is 6.79. The average molecular weight is 546 g/mol. The lowest BCUT2D eigenvalue weighted by atomic mass is 10.0. The molecule has 0 atom stereocenters. The van der Waals surface area contributed by atoms with E-state index in [0.29, 0.717) is 33.8 Å². The summed E-state index contributed by atoms with van der Waals surface area (Å²) in [5.74, 6) is -0.736. The second-order valence-electron chi connectivity index (χ2n) is 9.41. The van der Waals surface area contributed by atoms with Crippen LogP contribution in [-0.2, 0) is 11.3 Å². The van der Waals surface area contributed by atoms with Crippen LogP contribution in [0.2, 0.25) is 0 Å². The minimum atomic E-state index is -0.477. The molecule has 0 bridgehead atoms. The zero-order valence-electron chi connectivity index (χ0n) is 22.8. The molecule has 0 aliphatic heterocycles. The van der Waals surface area contributed by atoms with Gasteiger partial charge >= 0.3 is 5.97 Å². The molecule has 4 heterocycles. The predicted octanol–water partition coefficient (Wildman–Crippen LogP) is 5.57. The smallest absolute Gasteiger partial charge is 0.343 e. The van der Waals surface area contributed by atoms with Crippen LogP contribution in [0.1, 0.15) is 40.3 Å². The Balaban J connectivity index is 1.36. The van der Waals surface area contributed by atoms with Crippen LogP contribution < -0.4 is 5.32 Å². The molecule has 0 fully saturated rings. The van der Waals surface area contributed by atoms with Gasteiger partial charge in [-0.25, -0.2) is 19.3 Å². The highest BCUT2D eigenvalue weighted by molar-refractivity contribution is 6.13. The highest BCUT2D eigenvalue weighted by Crippen LogP contribution is 2.29. The lowest BCUT2D eigenvalue weighted by Gasteiger charge is -2.12. The zero-order chi connectivity index (χ0) is 28.5. The van der Waals surface area contributed by atoms with Crippen LogP contribution >= 0.6 is 0 Å². The van der Waals surface area contributed by atoms with Crippen LogP contribution in [0.3, 0.4) is 0 Å². The van der Waals surface area contributed by atoms with E-state index in [4.69, 9.17) is 9.72 Å². The Bertz CT molecular complexity index is 1940. The van der Waals surface area contributed by atoms with Crippen molar-refractivity contribution in [1.29, 1.82) is 0 Å². The number of benzene rings is 2. The minimum absolute atomic E-state index is 0.258. The van der Waals surface area contributed by atoms with Gasteiger partial charge in [-0.15, -0.1) is 0 Å². The molecule has 204 valence electrons. The number of carbonyl (C=O) groups is 2. The molecule has 0 spiro atoms. The number of nitrogens with zero attached hydrogens (tertiary/aromatic N) is 6. The zero-order valence-corrected chi connectivity index (χ0v) is 22.8. The van der Waals surface area contributed by atoms with E-state index in [1.54, 1.807) is 29.9 Å². The maximum Gasteiger partial charge on any atom is 0.343 e. The molecule has 10 nitrogen and oxygen atoms in total. The summed E-state index contributed by atoms with van der Waals surface area (Å²) >= 11 is 0. The van der Waals surface area contributed by atoms with Crippen molar-refractivity contribution in [2.24, 2.45) is 0 Å². The van der Waals surface area contributed by atoms with Crippen molar-refractivity contribution >= 4 is 34.1 Å². The number of amides is 1. The van der Waals surface area contributed by atoms with E-state index in [2.05, 4.69) is 20.5 Å². The van der Waals surface area contributed by atoms with Gasteiger partial charge in [-0.2, -0.15) is 10.2 Å². The summed E-state index contributed by atoms with van der Waals surface area (Å²) in [5, 5.41) is 12.6. The SMILES string of the molecule is CCOC(=O)c1cnn2c(-c3cccc(NC(=O)c4cc(-c5cnn(CC)c5C)nc5ccccc45)c3)ccnc12. The molecule has 0 radical (unpaired) electrons. The van der Waals surface area contributed by atoms with Crippen LogP contribution in [0, 0.1) is 6.92 Å². The maximum atomic E-state index is 13.7. The molecule has 0 unspecified atom stereocenters. The van der Waals surface area contributed by atoms with E-state index >= 15 is 0 Å². The molecule has 0 aliphatic carbocycles. The number of anilines is 1. The molecule has 1 amide bonds. The minimum Gasteiger partial charge on any atom is -0.462 e. The highest BCUT2D eigenvalue weighted by atomic mass is 16.5. The summed E-state index contributed by atoms with van der Waals surface area (Å²) in [6, 6.07) is 18.7. The van der Waals surface area contributed by atoms with Gasteiger partial charge in [0.25, 0.3) is 5.91 Å². The molecule has 10 heteroatoms. The number of para-hydroxylation sites is 1. The standard InChI is InChI=1S/C31H27N7O3/c1-4-37-19(3)24(17-33-37)27-16-23(22-11-6-7-12-26(22)36-27)30(39)35-21-10-8-9-20(15-21)28-13-14-32-29-25(18-34-38(28)29)31(40)41-5-2/h6-18H,4-5H2,1-3H3,(H,35,39). The number of nitrogens with one attached hydrogen (secondary N) is 1. The van der Waals surface area contributed by atoms with Crippen LogP contribution in [0.4, 0.5) is 5.69 Å². The van der Waals surface area contributed by atoms with Gasteiger partial charge in [0, 0.05) is 40.6 Å². The average Bonchev–Trinajstić information content (AvgIpc) is 3.60. The van der Waals surface area contributed by atoms with E-state index in [0.717, 1.165) is 34.3 Å². The van der Waals surface area contributed by atoms with Crippen LogP contribution in [0.5, 0.6) is 0 Å². The Labute approximate surface area is 235 Å². The Morgan fingerprint density at radius 2 is 1.80 bits per heavy atom. The van der Waals surface area contributed by atoms with Gasteiger partial charge in [0.05, 0.1) is 41.5 Å². The molecular formula is C31H27N7O3. The third-order valence-electron chi connectivity index (χ3n) is 6.95. The number of esters is 1. The Morgan fingerprint density at radius 3 is 2.61 bits per heavy atom. The van der Waals surface area contributed by atoms with Crippen molar-refractivity contribution in [2.45, 2.75) is 27.3 Å². The van der Waals surface area contributed by atoms with Crippen LogP contribution in [-0.4, -0.2) is 47.8 Å². The summed E-state index contributed by atoms with van der Waals surface area (Å²) in [7, 11) is 0. The number of ether oxygens (including phenoxy) is 1. The first kappa shape index (κ1) is 25.9. The van der Waals surface area contributed by atoms with Gasteiger partial charge < -0.3 is 10.1 Å². The fourth-order valence-electron chi connectivity index (χ4n) is 4.94. The first-order valence-electron chi connectivity index (χ1n) is 13.3. The molecule has 0 saturated heterocycles. The van der Waals surface area contributed by atoms with Gasteiger partial charge in [0.2, 0.25) is 0 Å². The molecule has 4 aromatic heterocycles. The lowest BCUT2D eigenvalue weighted by Crippen LogP contribution is -2.13. The summed E-state index contributed by atoms with van der Waals surface area (Å²) in [6.07, 6.45) is 4.86. The molecule has 0 aliphatic rings. The molecule has 6 rings (SSSR count). The van der Waals surface area contributed by atoms with Crippen LogP contribution in [0.25, 0.3) is 39.1 Å². The summed E-state index contributed by atoms with van der Waals surface area (Å²) in [5.41, 5.74) is 6.59. The topological polar surface area (TPSA) is 116 Å². The largest absolute Gasteiger partial charge is 0.462 e. The highest BCUT2D eigenvalue weighted by Gasteiger charge is 2.19. The second kappa shape index (κ2) is 10.6.